The monoisotopic (exact) mass is 144 g/mol. The molecule has 3 N–H and O–H groups in total. The molecule has 0 radical (unpaired) electrons. The number of nitrogens with two attached hydrogens (primary N) is 1. The number of carbonyl (C=O) groups is 1. The van der Waals surface area contributed by atoms with Crippen LogP contribution in [0.5, 0.6) is 0 Å². The summed E-state index contributed by atoms with van der Waals surface area (Å²) >= 11 is 0. The number of amides is 2. The Balaban J connectivity index is 2.39. The maximum absolute atomic E-state index is 10.4. The fourth-order valence-corrected chi connectivity index (χ4v) is 1.33. The van der Waals surface area contributed by atoms with Crippen LogP contribution in [0.25, 0.3) is 0 Å². The minimum atomic E-state index is -0.744. The Bertz CT molecular complexity index is 132. The van der Waals surface area contributed by atoms with Gasteiger partial charge in [-0.15, -0.1) is 0 Å². The van der Waals surface area contributed by atoms with Crippen molar-refractivity contribution in [2.45, 2.75) is 31.7 Å². The van der Waals surface area contributed by atoms with Gasteiger partial charge in [-0.05, 0) is 12.8 Å². The quantitative estimate of drug-likeness (QED) is 0.420. The lowest BCUT2D eigenvalue weighted by molar-refractivity contribution is -0.0726. The molecule has 1 aliphatic carbocycles. The van der Waals surface area contributed by atoms with Crippen molar-refractivity contribution in [1.29, 1.82) is 0 Å². The van der Waals surface area contributed by atoms with Gasteiger partial charge in [-0.2, -0.15) is 0 Å². The zero-order valence-electron chi connectivity index (χ0n) is 5.79. The lowest BCUT2D eigenvalue weighted by atomic mass is 10.2. The number of primary amides is 1. The second kappa shape index (κ2) is 2.88. The zero-order valence-corrected chi connectivity index (χ0v) is 5.79. The Hall–Kier alpha value is -0.770. The third-order valence-electron chi connectivity index (χ3n) is 1.90. The van der Waals surface area contributed by atoms with Gasteiger partial charge in [-0.1, -0.05) is 12.8 Å². The van der Waals surface area contributed by atoms with Crippen LogP contribution in [0.3, 0.4) is 0 Å². The van der Waals surface area contributed by atoms with Crippen LogP contribution in [0, 0.1) is 0 Å². The van der Waals surface area contributed by atoms with Crippen LogP contribution in [0.15, 0.2) is 0 Å². The van der Waals surface area contributed by atoms with E-state index in [9.17, 15) is 4.79 Å². The molecule has 0 unspecified atom stereocenters. The molecule has 4 heteroatoms. The van der Waals surface area contributed by atoms with Crippen molar-refractivity contribution in [2.75, 3.05) is 0 Å². The molecule has 1 saturated carbocycles. The maximum Gasteiger partial charge on any atom is 0.338 e. The largest absolute Gasteiger partial charge is 0.350 e. The average molecular weight is 144 g/mol. The first-order chi connectivity index (χ1) is 4.72. The minimum absolute atomic E-state index is 0.0301. The summed E-state index contributed by atoms with van der Waals surface area (Å²) in [5.74, 6) is 0. The second-order valence-corrected chi connectivity index (χ2v) is 2.62. The summed E-state index contributed by atoms with van der Waals surface area (Å²) in [5.41, 5.74) is 4.85. The summed E-state index contributed by atoms with van der Waals surface area (Å²) in [4.78, 5) is 10.4. The van der Waals surface area contributed by atoms with Crippen LogP contribution >= 0.6 is 0 Å². The summed E-state index contributed by atoms with van der Waals surface area (Å²) in [6.07, 6.45) is 3.91. The van der Waals surface area contributed by atoms with Crippen LogP contribution in [0.4, 0.5) is 4.79 Å². The van der Waals surface area contributed by atoms with Crippen LogP contribution < -0.4 is 5.73 Å². The summed E-state index contributed by atoms with van der Waals surface area (Å²) in [7, 11) is 0. The number of hydrogen-bond acceptors (Lipinski definition) is 2. The van der Waals surface area contributed by atoms with Crippen molar-refractivity contribution in [1.82, 2.24) is 5.06 Å². The molecule has 0 aromatic carbocycles. The van der Waals surface area contributed by atoms with Gasteiger partial charge in [0.2, 0.25) is 0 Å². The predicted octanol–water partition coefficient (Wildman–Crippen LogP) is 0.699. The first-order valence-electron chi connectivity index (χ1n) is 3.49. The SMILES string of the molecule is NC(=O)N(O)C1CCCC1. The van der Waals surface area contributed by atoms with Gasteiger partial charge in [0.25, 0.3) is 0 Å². The topological polar surface area (TPSA) is 66.6 Å². The Morgan fingerprint density at radius 1 is 1.50 bits per heavy atom. The van der Waals surface area contributed by atoms with E-state index in [1.165, 1.54) is 0 Å². The van der Waals surface area contributed by atoms with E-state index in [0.29, 0.717) is 5.06 Å². The molecule has 1 aliphatic rings. The van der Waals surface area contributed by atoms with Crippen LogP contribution in [0.1, 0.15) is 25.7 Å². The lowest BCUT2D eigenvalue weighted by Gasteiger charge is -2.18. The molecule has 58 valence electrons. The first-order valence-corrected chi connectivity index (χ1v) is 3.49. The Morgan fingerprint density at radius 2 is 2.00 bits per heavy atom. The Morgan fingerprint density at radius 3 is 2.40 bits per heavy atom. The molecule has 1 fully saturated rings. The first kappa shape index (κ1) is 7.34. The van der Waals surface area contributed by atoms with Gasteiger partial charge in [0.1, 0.15) is 0 Å². The molecule has 0 bridgehead atoms. The van der Waals surface area contributed by atoms with Crippen molar-refractivity contribution < 1.29 is 10.0 Å². The standard InChI is InChI=1S/C6H12N2O2/c7-6(9)8(10)5-3-1-2-4-5/h5,10H,1-4H2,(H2,7,9). The van der Waals surface area contributed by atoms with Gasteiger partial charge < -0.3 is 5.73 Å². The Kier molecular flexibility index (Phi) is 2.11. The van der Waals surface area contributed by atoms with Gasteiger partial charge in [0.05, 0.1) is 6.04 Å². The smallest absolute Gasteiger partial charge is 0.338 e. The highest BCUT2D eigenvalue weighted by Gasteiger charge is 2.23. The van der Waals surface area contributed by atoms with E-state index < -0.39 is 6.03 Å². The molecule has 0 saturated heterocycles. The van der Waals surface area contributed by atoms with E-state index in [0.717, 1.165) is 25.7 Å². The zero-order chi connectivity index (χ0) is 7.56. The number of hydroxylamine groups is 2. The van der Waals surface area contributed by atoms with E-state index in [4.69, 9.17) is 10.9 Å². The highest BCUT2D eigenvalue weighted by atomic mass is 16.5. The van der Waals surface area contributed by atoms with Crippen molar-refractivity contribution in [3.8, 4) is 0 Å². The minimum Gasteiger partial charge on any atom is -0.350 e. The van der Waals surface area contributed by atoms with Crippen molar-refractivity contribution >= 4 is 6.03 Å². The van der Waals surface area contributed by atoms with E-state index >= 15 is 0 Å². The van der Waals surface area contributed by atoms with Gasteiger partial charge in [0.15, 0.2) is 0 Å². The molecule has 0 aromatic heterocycles. The number of hydrogen-bond donors (Lipinski definition) is 2. The fraction of sp³-hybridized carbons (Fsp3) is 0.833. The number of nitrogens with zero attached hydrogens (tertiary/aromatic N) is 1. The van der Waals surface area contributed by atoms with Crippen molar-refractivity contribution in [3.63, 3.8) is 0 Å². The van der Waals surface area contributed by atoms with Gasteiger partial charge in [-0.25, -0.2) is 9.86 Å². The molecule has 0 heterocycles. The van der Waals surface area contributed by atoms with Gasteiger partial charge in [-0.3, -0.25) is 5.21 Å². The molecule has 10 heavy (non-hydrogen) atoms. The third-order valence-corrected chi connectivity index (χ3v) is 1.90. The highest BCUT2D eigenvalue weighted by molar-refractivity contribution is 5.70. The molecule has 4 nitrogen and oxygen atoms in total. The summed E-state index contributed by atoms with van der Waals surface area (Å²) in [6.45, 7) is 0. The molecule has 0 atom stereocenters. The molecular formula is C6H12N2O2. The van der Waals surface area contributed by atoms with Crippen molar-refractivity contribution in [2.24, 2.45) is 5.73 Å². The van der Waals surface area contributed by atoms with Crippen LogP contribution in [-0.4, -0.2) is 22.3 Å². The second-order valence-electron chi connectivity index (χ2n) is 2.62. The molecule has 0 spiro atoms. The van der Waals surface area contributed by atoms with E-state index in [1.54, 1.807) is 0 Å². The predicted molar refractivity (Wildman–Crippen MR) is 35.5 cm³/mol. The highest BCUT2D eigenvalue weighted by Crippen LogP contribution is 2.21. The average Bonchev–Trinajstić information content (AvgIpc) is 2.36. The van der Waals surface area contributed by atoms with E-state index in [-0.39, 0.29) is 6.04 Å². The van der Waals surface area contributed by atoms with Gasteiger partial charge in [0, 0.05) is 0 Å². The number of urea groups is 1. The summed E-state index contributed by atoms with van der Waals surface area (Å²) < 4.78 is 0. The Labute approximate surface area is 59.6 Å². The molecule has 2 amide bonds. The van der Waals surface area contributed by atoms with Crippen LogP contribution in [-0.2, 0) is 0 Å². The molecule has 0 aliphatic heterocycles. The molecule has 0 aromatic rings. The lowest BCUT2D eigenvalue weighted by Crippen LogP contribution is -2.39. The summed E-state index contributed by atoms with van der Waals surface area (Å²) in [5, 5.41) is 9.63. The number of carbonyl (C=O) groups excluding carboxylic acids is 1. The van der Waals surface area contributed by atoms with E-state index in [1.807, 2.05) is 0 Å². The summed E-state index contributed by atoms with van der Waals surface area (Å²) in [6, 6.07) is -0.774. The van der Waals surface area contributed by atoms with Gasteiger partial charge >= 0.3 is 6.03 Å². The fourth-order valence-electron chi connectivity index (χ4n) is 1.33. The maximum atomic E-state index is 10.4. The normalized spacial score (nSPS) is 19.3. The molecule has 1 rings (SSSR count). The third kappa shape index (κ3) is 1.39. The molecular weight excluding hydrogens is 132 g/mol. The van der Waals surface area contributed by atoms with Crippen molar-refractivity contribution in [3.05, 3.63) is 0 Å². The number of rotatable bonds is 1. The van der Waals surface area contributed by atoms with E-state index in [2.05, 4.69) is 0 Å². The van der Waals surface area contributed by atoms with Crippen LogP contribution in [0.2, 0.25) is 0 Å².